The smallest absolute Gasteiger partial charge is 0.0931 e. The van der Waals surface area contributed by atoms with Gasteiger partial charge in [-0.25, -0.2) is 0 Å². The van der Waals surface area contributed by atoms with E-state index in [1.165, 1.54) is 17.8 Å². The van der Waals surface area contributed by atoms with Crippen molar-refractivity contribution in [3.8, 4) is 0 Å². The van der Waals surface area contributed by atoms with Crippen molar-refractivity contribution in [1.29, 1.82) is 0 Å². The van der Waals surface area contributed by atoms with Gasteiger partial charge in [0.15, 0.2) is 0 Å². The van der Waals surface area contributed by atoms with Gasteiger partial charge in [0.05, 0.1) is 4.34 Å². The van der Waals surface area contributed by atoms with E-state index < -0.39 is 0 Å². The molecule has 0 bridgehead atoms. The summed E-state index contributed by atoms with van der Waals surface area (Å²) in [6, 6.07) is 4.76. The van der Waals surface area contributed by atoms with Crippen LogP contribution in [0.1, 0.15) is 25.1 Å². The van der Waals surface area contributed by atoms with Crippen LogP contribution in [0.5, 0.6) is 0 Å². The van der Waals surface area contributed by atoms with Crippen LogP contribution in [-0.4, -0.2) is 30.6 Å². The van der Waals surface area contributed by atoms with Crippen LogP contribution in [0.15, 0.2) is 12.1 Å². The molecule has 1 atom stereocenters. The quantitative estimate of drug-likeness (QED) is 0.909. The molecule has 1 aliphatic heterocycles. The summed E-state index contributed by atoms with van der Waals surface area (Å²) in [7, 11) is 0. The molecule has 1 fully saturated rings. The van der Waals surface area contributed by atoms with Gasteiger partial charge < -0.3 is 5.32 Å². The summed E-state index contributed by atoms with van der Waals surface area (Å²) in [5, 5.41) is 3.64. The predicted octanol–water partition coefficient (Wildman–Crippen LogP) is 3.22. The lowest BCUT2D eigenvalue weighted by molar-refractivity contribution is 0.240. The van der Waals surface area contributed by atoms with E-state index in [2.05, 4.69) is 30.1 Å². The molecule has 1 aromatic rings. The minimum Gasteiger partial charge on any atom is -0.312 e. The summed E-state index contributed by atoms with van der Waals surface area (Å²) < 4.78 is 0.897. The van der Waals surface area contributed by atoms with E-state index in [4.69, 9.17) is 11.6 Å². The van der Waals surface area contributed by atoms with Crippen LogP contribution in [0.25, 0.3) is 0 Å². The monoisotopic (exact) mass is 272 g/mol. The summed E-state index contributed by atoms with van der Waals surface area (Å²) in [4.78, 5) is 3.92. The molecule has 2 nitrogen and oxygen atoms in total. The van der Waals surface area contributed by atoms with Crippen LogP contribution in [0, 0.1) is 5.92 Å². The van der Waals surface area contributed by atoms with E-state index in [9.17, 15) is 0 Å². The van der Waals surface area contributed by atoms with Crippen LogP contribution in [-0.2, 0) is 6.54 Å². The molecule has 1 unspecified atom stereocenters. The van der Waals surface area contributed by atoms with Crippen molar-refractivity contribution in [2.45, 2.75) is 32.9 Å². The lowest BCUT2D eigenvalue weighted by Gasteiger charge is -2.26. The predicted molar refractivity (Wildman–Crippen MR) is 75.9 cm³/mol. The molecule has 4 heteroatoms. The van der Waals surface area contributed by atoms with Crippen molar-refractivity contribution in [2.24, 2.45) is 5.92 Å². The molecule has 1 N–H and O–H groups in total. The first kappa shape index (κ1) is 13.3. The number of rotatable bonds is 3. The largest absolute Gasteiger partial charge is 0.312 e. The van der Waals surface area contributed by atoms with Gasteiger partial charge in [-0.3, -0.25) is 4.90 Å². The average Bonchev–Trinajstić information content (AvgIpc) is 2.54. The third kappa shape index (κ3) is 3.95. The topological polar surface area (TPSA) is 15.3 Å². The SMILES string of the molecule is CC(C)C1CN(Cc2ccc(Cl)s2)CCCN1. The van der Waals surface area contributed by atoms with Gasteiger partial charge in [0, 0.05) is 24.0 Å². The normalized spacial score (nSPS) is 22.9. The van der Waals surface area contributed by atoms with E-state index in [1.54, 1.807) is 11.3 Å². The third-order valence-electron chi connectivity index (χ3n) is 3.33. The Kier molecular flexibility index (Phi) is 4.86. The molecule has 0 aliphatic carbocycles. The second-order valence-corrected chi connectivity index (χ2v) is 6.90. The minimum atomic E-state index is 0.618. The van der Waals surface area contributed by atoms with Gasteiger partial charge in [-0.05, 0) is 37.6 Å². The van der Waals surface area contributed by atoms with Gasteiger partial charge in [0.25, 0.3) is 0 Å². The molecule has 0 radical (unpaired) electrons. The van der Waals surface area contributed by atoms with Crippen molar-refractivity contribution >= 4 is 22.9 Å². The summed E-state index contributed by atoms with van der Waals surface area (Å²) in [6.45, 7) is 9.11. The highest BCUT2D eigenvalue weighted by Crippen LogP contribution is 2.23. The minimum absolute atomic E-state index is 0.618. The first-order chi connectivity index (χ1) is 8.15. The Hall–Kier alpha value is -0.0900. The van der Waals surface area contributed by atoms with Gasteiger partial charge in [0.2, 0.25) is 0 Å². The van der Waals surface area contributed by atoms with Crippen LogP contribution < -0.4 is 5.32 Å². The molecule has 2 heterocycles. The third-order valence-corrected chi connectivity index (χ3v) is 4.54. The molecule has 0 amide bonds. The van der Waals surface area contributed by atoms with Crippen molar-refractivity contribution in [2.75, 3.05) is 19.6 Å². The molecule has 2 rings (SSSR count). The second-order valence-electron chi connectivity index (χ2n) is 5.10. The lowest BCUT2D eigenvalue weighted by Crippen LogP contribution is -2.40. The Morgan fingerprint density at radius 1 is 1.53 bits per heavy atom. The number of nitrogens with zero attached hydrogens (tertiary/aromatic N) is 1. The van der Waals surface area contributed by atoms with Gasteiger partial charge in [-0.1, -0.05) is 25.4 Å². The molecular formula is C13H21ClN2S. The fraction of sp³-hybridized carbons (Fsp3) is 0.692. The first-order valence-corrected chi connectivity index (χ1v) is 7.54. The van der Waals surface area contributed by atoms with Crippen LogP contribution in [0.4, 0.5) is 0 Å². The highest BCUT2D eigenvalue weighted by Gasteiger charge is 2.20. The van der Waals surface area contributed by atoms with Crippen LogP contribution in [0.2, 0.25) is 4.34 Å². The van der Waals surface area contributed by atoms with E-state index >= 15 is 0 Å². The van der Waals surface area contributed by atoms with Crippen molar-refractivity contribution < 1.29 is 0 Å². The molecule has 1 aliphatic rings. The fourth-order valence-corrected chi connectivity index (χ4v) is 3.40. The molecule has 17 heavy (non-hydrogen) atoms. The van der Waals surface area contributed by atoms with E-state index in [1.807, 2.05) is 6.07 Å². The highest BCUT2D eigenvalue weighted by atomic mass is 35.5. The van der Waals surface area contributed by atoms with Crippen molar-refractivity contribution in [1.82, 2.24) is 10.2 Å². The van der Waals surface area contributed by atoms with Gasteiger partial charge >= 0.3 is 0 Å². The molecule has 0 aromatic carbocycles. The average molecular weight is 273 g/mol. The summed E-state index contributed by atoms with van der Waals surface area (Å²) in [5.41, 5.74) is 0. The zero-order valence-electron chi connectivity index (χ0n) is 10.6. The number of nitrogens with one attached hydrogen (secondary N) is 1. The molecule has 96 valence electrons. The maximum Gasteiger partial charge on any atom is 0.0931 e. The van der Waals surface area contributed by atoms with E-state index in [0.29, 0.717) is 12.0 Å². The van der Waals surface area contributed by atoms with Crippen LogP contribution >= 0.6 is 22.9 Å². The van der Waals surface area contributed by atoms with E-state index in [-0.39, 0.29) is 0 Å². The Labute approximate surface area is 113 Å². The van der Waals surface area contributed by atoms with Gasteiger partial charge in [-0.15, -0.1) is 11.3 Å². The fourth-order valence-electron chi connectivity index (χ4n) is 2.27. The summed E-state index contributed by atoms with van der Waals surface area (Å²) in [5.74, 6) is 0.697. The lowest BCUT2D eigenvalue weighted by atomic mass is 10.0. The van der Waals surface area contributed by atoms with Crippen molar-refractivity contribution in [3.63, 3.8) is 0 Å². The molecular weight excluding hydrogens is 252 g/mol. The second kappa shape index (κ2) is 6.19. The molecule has 1 saturated heterocycles. The zero-order chi connectivity index (χ0) is 12.3. The standard InChI is InChI=1S/C13H21ClN2S/c1-10(2)12-9-16(7-3-6-15-12)8-11-4-5-13(14)17-11/h4-5,10,12,15H,3,6-9H2,1-2H3. The number of halogens is 1. The highest BCUT2D eigenvalue weighted by molar-refractivity contribution is 7.16. The van der Waals surface area contributed by atoms with Gasteiger partial charge in [0.1, 0.15) is 0 Å². The Bertz CT molecular complexity index is 351. The van der Waals surface area contributed by atoms with E-state index in [0.717, 1.165) is 24.0 Å². The Morgan fingerprint density at radius 2 is 2.35 bits per heavy atom. The van der Waals surface area contributed by atoms with Gasteiger partial charge in [-0.2, -0.15) is 0 Å². The number of hydrogen-bond donors (Lipinski definition) is 1. The maximum absolute atomic E-state index is 5.98. The number of thiophene rings is 1. The van der Waals surface area contributed by atoms with Crippen molar-refractivity contribution in [3.05, 3.63) is 21.3 Å². The Balaban J connectivity index is 1.94. The Morgan fingerprint density at radius 3 is 3.00 bits per heavy atom. The summed E-state index contributed by atoms with van der Waals surface area (Å²) >= 11 is 7.68. The zero-order valence-corrected chi connectivity index (χ0v) is 12.2. The molecule has 0 spiro atoms. The molecule has 0 saturated carbocycles. The summed E-state index contributed by atoms with van der Waals surface area (Å²) in [6.07, 6.45) is 1.24. The maximum atomic E-state index is 5.98. The molecule has 1 aromatic heterocycles. The van der Waals surface area contributed by atoms with Crippen LogP contribution in [0.3, 0.4) is 0 Å². The number of hydrogen-bond acceptors (Lipinski definition) is 3. The first-order valence-electron chi connectivity index (χ1n) is 6.35.